The third kappa shape index (κ3) is 4.12. The number of amides is 1. The summed E-state index contributed by atoms with van der Waals surface area (Å²) in [6.07, 6.45) is 4.00. The van der Waals surface area contributed by atoms with Crippen LogP contribution in [0.2, 0.25) is 0 Å². The molecule has 0 spiro atoms. The van der Waals surface area contributed by atoms with Gasteiger partial charge in [0.05, 0.1) is 11.4 Å². The van der Waals surface area contributed by atoms with Crippen LogP contribution in [-0.4, -0.2) is 33.5 Å². The van der Waals surface area contributed by atoms with Crippen molar-refractivity contribution in [2.45, 2.75) is 58.4 Å². The fourth-order valence-electron chi connectivity index (χ4n) is 3.15. The first-order valence-corrected chi connectivity index (χ1v) is 9.60. The van der Waals surface area contributed by atoms with Crippen molar-refractivity contribution in [3.63, 3.8) is 0 Å². The first-order chi connectivity index (χ1) is 12.5. The maximum Gasteiger partial charge on any atom is 0.273 e. The normalized spacial score (nSPS) is 15.3. The Morgan fingerprint density at radius 2 is 2.15 bits per heavy atom. The highest BCUT2D eigenvalue weighted by atomic mass is 16.2. The van der Waals surface area contributed by atoms with Crippen molar-refractivity contribution in [1.82, 2.24) is 20.3 Å². The van der Waals surface area contributed by atoms with Gasteiger partial charge in [-0.1, -0.05) is 44.5 Å². The SMILES string of the molecule is CCCc1c(C(=O)NCC(N)C2CC2)nnn1-c1cccc(C(C)C)c1. The van der Waals surface area contributed by atoms with Gasteiger partial charge < -0.3 is 11.1 Å². The molecule has 3 N–H and O–H groups in total. The molecule has 1 fully saturated rings. The zero-order valence-corrected chi connectivity index (χ0v) is 15.9. The second-order valence-electron chi connectivity index (χ2n) is 7.51. The highest BCUT2D eigenvalue weighted by molar-refractivity contribution is 5.93. The molecule has 0 bridgehead atoms. The summed E-state index contributed by atoms with van der Waals surface area (Å²) < 4.78 is 1.80. The van der Waals surface area contributed by atoms with Gasteiger partial charge in [-0.3, -0.25) is 4.79 Å². The van der Waals surface area contributed by atoms with E-state index in [9.17, 15) is 4.79 Å². The van der Waals surface area contributed by atoms with E-state index in [1.54, 1.807) is 4.68 Å². The summed E-state index contributed by atoms with van der Waals surface area (Å²) in [4.78, 5) is 12.6. The molecule has 1 atom stereocenters. The average Bonchev–Trinajstić information content (AvgIpc) is 3.40. The Morgan fingerprint density at radius 3 is 2.81 bits per heavy atom. The molecule has 2 aromatic rings. The number of carbonyl (C=O) groups excluding carboxylic acids is 1. The minimum Gasteiger partial charge on any atom is -0.349 e. The Labute approximate surface area is 155 Å². The summed E-state index contributed by atoms with van der Waals surface area (Å²) in [6.45, 7) is 6.90. The van der Waals surface area contributed by atoms with E-state index in [2.05, 4.69) is 48.5 Å². The van der Waals surface area contributed by atoms with Crippen LogP contribution in [0.3, 0.4) is 0 Å². The van der Waals surface area contributed by atoms with E-state index in [4.69, 9.17) is 5.73 Å². The molecule has 1 unspecified atom stereocenters. The van der Waals surface area contributed by atoms with Gasteiger partial charge in [-0.25, -0.2) is 4.68 Å². The van der Waals surface area contributed by atoms with Gasteiger partial charge in [0.1, 0.15) is 0 Å². The van der Waals surface area contributed by atoms with E-state index in [1.807, 2.05) is 12.1 Å². The Kier molecular flexibility index (Phi) is 5.71. The van der Waals surface area contributed by atoms with Crippen LogP contribution in [0.25, 0.3) is 5.69 Å². The Balaban J connectivity index is 1.83. The van der Waals surface area contributed by atoms with Gasteiger partial charge in [-0.15, -0.1) is 5.10 Å². The summed E-state index contributed by atoms with van der Waals surface area (Å²) in [5.41, 5.74) is 9.53. The number of nitrogens with one attached hydrogen (secondary N) is 1. The van der Waals surface area contributed by atoms with E-state index < -0.39 is 0 Å². The number of hydrogen-bond acceptors (Lipinski definition) is 4. The number of hydrogen-bond donors (Lipinski definition) is 2. The quantitative estimate of drug-likeness (QED) is 0.762. The molecular formula is C20H29N5O. The Morgan fingerprint density at radius 1 is 1.38 bits per heavy atom. The van der Waals surface area contributed by atoms with Crippen molar-refractivity contribution in [3.8, 4) is 5.69 Å². The van der Waals surface area contributed by atoms with E-state index in [-0.39, 0.29) is 11.9 Å². The van der Waals surface area contributed by atoms with Gasteiger partial charge in [-0.05, 0) is 48.8 Å². The van der Waals surface area contributed by atoms with Crippen LogP contribution < -0.4 is 11.1 Å². The first-order valence-electron chi connectivity index (χ1n) is 9.60. The molecule has 6 nitrogen and oxygen atoms in total. The lowest BCUT2D eigenvalue weighted by atomic mass is 10.0. The average molecular weight is 355 g/mol. The first kappa shape index (κ1) is 18.6. The smallest absolute Gasteiger partial charge is 0.273 e. The van der Waals surface area contributed by atoms with Gasteiger partial charge >= 0.3 is 0 Å². The largest absolute Gasteiger partial charge is 0.349 e. The van der Waals surface area contributed by atoms with Gasteiger partial charge in [0.15, 0.2) is 5.69 Å². The highest BCUT2D eigenvalue weighted by Crippen LogP contribution is 2.31. The number of aromatic nitrogens is 3. The summed E-state index contributed by atoms with van der Waals surface area (Å²) in [5.74, 6) is 0.801. The summed E-state index contributed by atoms with van der Waals surface area (Å²) in [7, 11) is 0. The number of rotatable bonds is 8. The number of benzene rings is 1. The van der Waals surface area contributed by atoms with Crippen LogP contribution in [0.5, 0.6) is 0 Å². The monoisotopic (exact) mass is 355 g/mol. The van der Waals surface area contributed by atoms with Crippen molar-refractivity contribution in [3.05, 3.63) is 41.2 Å². The molecule has 1 heterocycles. The third-order valence-electron chi connectivity index (χ3n) is 4.97. The van der Waals surface area contributed by atoms with E-state index >= 15 is 0 Å². The molecule has 1 aromatic heterocycles. The lowest BCUT2D eigenvalue weighted by Gasteiger charge is -2.12. The predicted molar refractivity (Wildman–Crippen MR) is 102 cm³/mol. The van der Waals surface area contributed by atoms with Crippen LogP contribution in [0.1, 0.15) is 67.7 Å². The number of nitrogens with two attached hydrogens (primary N) is 1. The second-order valence-corrected chi connectivity index (χ2v) is 7.51. The van der Waals surface area contributed by atoms with E-state index in [0.717, 1.165) is 24.2 Å². The van der Waals surface area contributed by atoms with Crippen LogP contribution >= 0.6 is 0 Å². The molecule has 140 valence electrons. The standard InChI is InChI=1S/C20H29N5O/c1-4-6-18-19(20(26)22-12-17(21)14-9-10-14)23-24-25(18)16-8-5-7-15(11-16)13(2)3/h5,7-8,11,13-14,17H,4,6,9-10,12,21H2,1-3H3,(H,22,26). The van der Waals surface area contributed by atoms with Gasteiger partial charge in [0.25, 0.3) is 5.91 Å². The molecule has 26 heavy (non-hydrogen) atoms. The van der Waals surface area contributed by atoms with Crippen molar-refractivity contribution < 1.29 is 4.79 Å². The fraction of sp³-hybridized carbons (Fsp3) is 0.550. The summed E-state index contributed by atoms with van der Waals surface area (Å²) in [6, 6.07) is 8.29. The number of nitrogens with zero attached hydrogens (tertiary/aromatic N) is 3. The topological polar surface area (TPSA) is 85.8 Å². The number of carbonyl (C=O) groups is 1. The summed E-state index contributed by atoms with van der Waals surface area (Å²) in [5, 5.41) is 11.4. The maximum absolute atomic E-state index is 12.6. The molecule has 1 aliphatic carbocycles. The lowest BCUT2D eigenvalue weighted by Crippen LogP contribution is -2.39. The Hall–Kier alpha value is -2.21. The lowest BCUT2D eigenvalue weighted by molar-refractivity contribution is 0.0944. The molecule has 3 rings (SSSR count). The van der Waals surface area contributed by atoms with Gasteiger partial charge in [0, 0.05) is 12.6 Å². The second kappa shape index (κ2) is 7.99. The molecule has 1 amide bonds. The van der Waals surface area contributed by atoms with Crippen LogP contribution in [-0.2, 0) is 6.42 Å². The molecule has 6 heteroatoms. The van der Waals surface area contributed by atoms with Crippen LogP contribution in [0, 0.1) is 5.92 Å². The summed E-state index contributed by atoms with van der Waals surface area (Å²) >= 11 is 0. The predicted octanol–water partition coefficient (Wildman–Crippen LogP) is 2.81. The van der Waals surface area contributed by atoms with E-state index in [0.29, 0.717) is 24.1 Å². The third-order valence-corrected chi connectivity index (χ3v) is 4.97. The van der Waals surface area contributed by atoms with E-state index in [1.165, 1.54) is 18.4 Å². The molecule has 0 aliphatic heterocycles. The van der Waals surface area contributed by atoms with Crippen molar-refractivity contribution >= 4 is 5.91 Å². The molecule has 1 aliphatic rings. The minimum atomic E-state index is -0.184. The Bertz CT molecular complexity index is 763. The van der Waals surface area contributed by atoms with Crippen molar-refractivity contribution in [1.29, 1.82) is 0 Å². The zero-order chi connectivity index (χ0) is 18.7. The van der Waals surface area contributed by atoms with Crippen LogP contribution in [0.15, 0.2) is 24.3 Å². The fourth-order valence-corrected chi connectivity index (χ4v) is 3.15. The minimum absolute atomic E-state index is 0.0337. The van der Waals surface area contributed by atoms with Crippen molar-refractivity contribution in [2.24, 2.45) is 11.7 Å². The van der Waals surface area contributed by atoms with Crippen LogP contribution in [0.4, 0.5) is 0 Å². The molecule has 0 radical (unpaired) electrons. The molecule has 1 aromatic carbocycles. The maximum atomic E-state index is 12.6. The van der Waals surface area contributed by atoms with Crippen molar-refractivity contribution in [2.75, 3.05) is 6.54 Å². The van der Waals surface area contributed by atoms with Gasteiger partial charge in [0.2, 0.25) is 0 Å². The molecule has 1 saturated carbocycles. The molecular weight excluding hydrogens is 326 g/mol. The van der Waals surface area contributed by atoms with Gasteiger partial charge in [-0.2, -0.15) is 0 Å². The highest BCUT2D eigenvalue weighted by Gasteiger charge is 2.29. The zero-order valence-electron chi connectivity index (χ0n) is 15.9. The molecule has 0 saturated heterocycles.